The first-order valence-corrected chi connectivity index (χ1v) is 12.0. The summed E-state index contributed by atoms with van der Waals surface area (Å²) in [7, 11) is 1.63. The number of unbranched alkanes of at least 4 members (excludes halogenated alkanes) is 1. The van der Waals surface area contributed by atoms with E-state index >= 15 is 0 Å². The zero-order valence-corrected chi connectivity index (χ0v) is 21.3. The Bertz CT molecular complexity index is 1130. The molecule has 34 heavy (non-hydrogen) atoms. The standard InChI is InChI=1S/C27H33ClN4O2/c1-6-7-8-19-9-11-20(12-10-19)26(34)31(5)18-25(33)29-24-17-23(27(2,3)4)30-32(24)22-15-13-21(28)14-16-22/h9-17H,6-8,18H2,1-5H3,(H,29,33). The number of carbonyl (C=O) groups excluding carboxylic acids is 2. The Hall–Kier alpha value is -3.12. The number of benzene rings is 2. The summed E-state index contributed by atoms with van der Waals surface area (Å²) in [6.07, 6.45) is 3.25. The summed E-state index contributed by atoms with van der Waals surface area (Å²) in [4.78, 5) is 27.1. The van der Waals surface area contributed by atoms with Crippen molar-refractivity contribution in [2.45, 2.75) is 52.4 Å². The topological polar surface area (TPSA) is 67.2 Å². The van der Waals surface area contributed by atoms with Gasteiger partial charge in [-0.05, 0) is 54.8 Å². The molecule has 0 unspecified atom stereocenters. The van der Waals surface area contributed by atoms with Crippen molar-refractivity contribution in [3.8, 4) is 5.69 Å². The average Bonchev–Trinajstić information content (AvgIpc) is 3.22. The Balaban J connectivity index is 1.72. The fraction of sp³-hybridized carbons (Fsp3) is 0.370. The van der Waals surface area contributed by atoms with Gasteiger partial charge in [-0.25, -0.2) is 4.68 Å². The number of likely N-dealkylation sites (N-methyl/N-ethyl adjacent to an activating group) is 1. The van der Waals surface area contributed by atoms with Crippen molar-refractivity contribution in [3.05, 3.63) is 76.4 Å². The number of carbonyl (C=O) groups is 2. The van der Waals surface area contributed by atoms with Crippen molar-refractivity contribution in [2.24, 2.45) is 0 Å². The van der Waals surface area contributed by atoms with Crippen LogP contribution in [0.2, 0.25) is 5.02 Å². The molecule has 0 radical (unpaired) electrons. The van der Waals surface area contributed by atoms with Crippen LogP contribution in [0.4, 0.5) is 5.82 Å². The highest BCUT2D eigenvalue weighted by atomic mass is 35.5. The second-order valence-corrected chi connectivity index (χ2v) is 10.00. The Morgan fingerprint density at radius 1 is 1.06 bits per heavy atom. The Morgan fingerprint density at radius 3 is 2.29 bits per heavy atom. The van der Waals surface area contributed by atoms with Gasteiger partial charge >= 0.3 is 0 Å². The summed E-state index contributed by atoms with van der Waals surface area (Å²) in [5.41, 5.74) is 3.20. The van der Waals surface area contributed by atoms with Crippen molar-refractivity contribution in [3.63, 3.8) is 0 Å². The van der Waals surface area contributed by atoms with E-state index in [9.17, 15) is 9.59 Å². The van der Waals surface area contributed by atoms with Crippen molar-refractivity contribution < 1.29 is 9.59 Å². The maximum absolute atomic E-state index is 12.9. The predicted molar refractivity (Wildman–Crippen MR) is 138 cm³/mol. The van der Waals surface area contributed by atoms with Crippen molar-refractivity contribution in [1.29, 1.82) is 0 Å². The van der Waals surface area contributed by atoms with E-state index in [-0.39, 0.29) is 23.8 Å². The molecule has 0 fully saturated rings. The monoisotopic (exact) mass is 480 g/mol. The summed E-state index contributed by atoms with van der Waals surface area (Å²) >= 11 is 6.03. The molecule has 6 nitrogen and oxygen atoms in total. The Kier molecular flexibility index (Phi) is 8.15. The third-order valence-corrected chi connectivity index (χ3v) is 5.82. The Labute approximate surface area is 206 Å². The van der Waals surface area contributed by atoms with Crippen molar-refractivity contribution in [1.82, 2.24) is 14.7 Å². The molecule has 0 atom stereocenters. The third kappa shape index (κ3) is 6.48. The molecular formula is C27H33ClN4O2. The zero-order valence-electron chi connectivity index (χ0n) is 20.6. The molecule has 0 aliphatic heterocycles. The number of aromatic nitrogens is 2. The SMILES string of the molecule is CCCCc1ccc(C(=O)N(C)CC(=O)Nc2cc(C(C)(C)C)nn2-c2ccc(Cl)cc2)cc1. The first kappa shape index (κ1) is 25.5. The van der Waals surface area contributed by atoms with Crippen LogP contribution in [0.5, 0.6) is 0 Å². The Morgan fingerprint density at radius 2 is 1.71 bits per heavy atom. The third-order valence-electron chi connectivity index (χ3n) is 5.56. The second kappa shape index (κ2) is 10.9. The van der Waals surface area contributed by atoms with Crippen LogP contribution in [0.25, 0.3) is 5.69 Å². The highest BCUT2D eigenvalue weighted by Gasteiger charge is 2.22. The smallest absolute Gasteiger partial charge is 0.254 e. The van der Waals surface area contributed by atoms with Gasteiger partial charge in [0, 0.05) is 29.1 Å². The van der Waals surface area contributed by atoms with Crippen molar-refractivity contribution >= 4 is 29.2 Å². The maximum atomic E-state index is 12.9. The molecule has 2 aromatic carbocycles. The van der Waals surface area contributed by atoms with Gasteiger partial charge in [0.25, 0.3) is 5.91 Å². The molecule has 0 spiro atoms. The van der Waals surface area contributed by atoms with Crippen LogP contribution >= 0.6 is 11.6 Å². The number of hydrogen-bond donors (Lipinski definition) is 1. The molecule has 1 heterocycles. The zero-order chi connectivity index (χ0) is 24.9. The first-order valence-electron chi connectivity index (χ1n) is 11.6. The van der Waals surface area contributed by atoms with Crippen LogP contribution in [0.3, 0.4) is 0 Å². The highest BCUT2D eigenvalue weighted by molar-refractivity contribution is 6.30. The molecular weight excluding hydrogens is 448 g/mol. The van der Waals surface area contributed by atoms with E-state index in [0.29, 0.717) is 16.4 Å². The summed E-state index contributed by atoms with van der Waals surface area (Å²) in [5, 5.41) is 8.25. The van der Waals surface area contributed by atoms with Gasteiger partial charge in [-0.15, -0.1) is 0 Å². The number of anilines is 1. The van der Waals surface area contributed by atoms with Gasteiger partial charge in [-0.3, -0.25) is 9.59 Å². The molecule has 0 aliphatic carbocycles. The van der Waals surface area contributed by atoms with Crippen LogP contribution in [-0.2, 0) is 16.6 Å². The fourth-order valence-electron chi connectivity index (χ4n) is 3.50. The number of halogens is 1. The van der Waals surface area contributed by atoms with Crippen LogP contribution < -0.4 is 5.32 Å². The fourth-order valence-corrected chi connectivity index (χ4v) is 3.63. The van der Waals surface area contributed by atoms with Gasteiger partial charge in [0.2, 0.25) is 5.91 Å². The number of nitrogens with zero attached hydrogens (tertiary/aromatic N) is 3. The van der Waals surface area contributed by atoms with Gasteiger partial charge in [-0.1, -0.05) is 57.8 Å². The molecule has 3 aromatic rings. The minimum atomic E-state index is -0.300. The lowest BCUT2D eigenvalue weighted by Crippen LogP contribution is -2.35. The number of rotatable bonds is 8. The van der Waals surface area contributed by atoms with E-state index in [1.165, 1.54) is 10.5 Å². The number of nitrogens with one attached hydrogen (secondary N) is 1. The lowest BCUT2D eigenvalue weighted by Gasteiger charge is -2.17. The van der Waals surface area contributed by atoms with E-state index in [1.807, 2.05) is 42.5 Å². The van der Waals surface area contributed by atoms with Crippen molar-refractivity contribution in [2.75, 3.05) is 18.9 Å². The van der Waals surface area contributed by atoms with E-state index in [4.69, 9.17) is 16.7 Å². The number of hydrogen-bond acceptors (Lipinski definition) is 3. The lowest BCUT2D eigenvalue weighted by molar-refractivity contribution is -0.116. The molecule has 180 valence electrons. The first-order chi connectivity index (χ1) is 16.1. The quantitative estimate of drug-likeness (QED) is 0.438. The molecule has 0 aliphatic rings. The molecule has 1 aromatic heterocycles. The van der Waals surface area contributed by atoms with Crippen LogP contribution in [0.1, 0.15) is 62.2 Å². The largest absolute Gasteiger partial charge is 0.332 e. The summed E-state index contributed by atoms with van der Waals surface area (Å²) in [6.45, 7) is 8.27. The molecule has 7 heteroatoms. The van der Waals surface area contributed by atoms with E-state index < -0.39 is 0 Å². The predicted octanol–water partition coefficient (Wildman–Crippen LogP) is 5.88. The summed E-state index contributed by atoms with van der Waals surface area (Å²) in [6, 6.07) is 16.7. The van der Waals surface area contributed by atoms with Crippen LogP contribution in [-0.4, -0.2) is 40.1 Å². The normalized spacial score (nSPS) is 11.4. The molecule has 0 saturated carbocycles. The number of amides is 2. The summed E-state index contributed by atoms with van der Waals surface area (Å²) in [5.74, 6) is 0.0446. The van der Waals surface area contributed by atoms with Crippen LogP contribution in [0.15, 0.2) is 54.6 Å². The van der Waals surface area contributed by atoms with E-state index in [1.54, 1.807) is 23.9 Å². The molecule has 3 rings (SSSR count). The van der Waals surface area contributed by atoms with Gasteiger partial charge in [-0.2, -0.15) is 5.10 Å². The molecule has 0 bridgehead atoms. The molecule has 2 amide bonds. The number of aryl methyl sites for hydroxylation is 1. The van der Waals surface area contributed by atoms with E-state index in [0.717, 1.165) is 30.6 Å². The minimum absolute atomic E-state index is 0.0763. The molecule has 1 N–H and O–H groups in total. The average molecular weight is 481 g/mol. The van der Waals surface area contributed by atoms with Crippen LogP contribution in [0, 0.1) is 0 Å². The maximum Gasteiger partial charge on any atom is 0.254 e. The van der Waals surface area contributed by atoms with E-state index in [2.05, 4.69) is 33.0 Å². The van der Waals surface area contributed by atoms with Gasteiger partial charge in [0.1, 0.15) is 5.82 Å². The minimum Gasteiger partial charge on any atom is -0.332 e. The summed E-state index contributed by atoms with van der Waals surface area (Å²) < 4.78 is 1.69. The van der Waals surface area contributed by atoms with Gasteiger partial charge in [0.05, 0.1) is 17.9 Å². The highest BCUT2D eigenvalue weighted by Crippen LogP contribution is 2.27. The van der Waals surface area contributed by atoms with Gasteiger partial charge in [0.15, 0.2) is 0 Å². The molecule has 0 saturated heterocycles. The lowest BCUT2D eigenvalue weighted by atomic mass is 9.92. The second-order valence-electron chi connectivity index (χ2n) is 9.56. The van der Waals surface area contributed by atoms with Gasteiger partial charge < -0.3 is 10.2 Å².